The van der Waals surface area contributed by atoms with Crippen LogP contribution in [0.15, 0.2) is 42.7 Å². The van der Waals surface area contributed by atoms with Crippen molar-refractivity contribution in [3.05, 3.63) is 48.3 Å². The average Bonchev–Trinajstić information content (AvgIpc) is 3.04. The summed E-state index contributed by atoms with van der Waals surface area (Å²) in [5.74, 6) is -2.69. The first-order valence-corrected chi connectivity index (χ1v) is 15.8. The number of rotatable bonds is 9. The zero-order chi connectivity index (χ0) is 34.0. The van der Waals surface area contributed by atoms with Gasteiger partial charge in [-0.15, -0.1) is 0 Å². The van der Waals surface area contributed by atoms with Gasteiger partial charge in [-0.05, 0) is 44.2 Å². The summed E-state index contributed by atoms with van der Waals surface area (Å²) in [6, 6.07) is 12.9. The van der Waals surface area contributed by atoms with Crippen LogP contribution in [0.4, 0.5) is 26.1 Å². The number of halogens is 2. The van der Waals surface area contributed by atoms with Crippen LogP contribution in [0.2, 0.25) is 0 Å². The maximum Gasteiger partial charge on any atom is 0.301 e. The summed E-state index contributed by atoms with van der Waals surface area (Å²) in [5, 5.41) is 22.5. The molecule has 2 aromatic heterocycles. The molecule has 1 aromatic carbocycles. The number of amides is 1. The standard InChI is InChI=1S/C33H38F2N8O5/c1-20-15-41(24-16-47-17-24)10-11-43(20)26-5-7-29(40-31(26)46-3)39-30-13-25(37-19-38-30)22-4-6-27(23(12-22)14-36)48-28-8-9-42(18-33(28,34)35)32(45)21(2)44/h4-7,12-13,19-21,24,28,44H,8-11,15-18H2,1-3H3,(H,37,38,39,40)/t20-,21+,28+/m0/s1. The van der Waals surface area contributed by atoms with Gasteiger partial charge in [0, 0.05) is 50.3 Å². The molecular weight excluding hydrogens is 626 g/mol. The van der Waals surface area contributed by atoms with Crippen molar-refractivity contribution in [2.75, 3.05) is 63.3 Å². The van der Waals surface area contributed by atoms with E-state index >= 15 is 0 Å². The number of pyridine rings is 1. The molecule has 3 fully saturated rings. The summed E-state index contributed by atoms with van der Waals surface area (Å²) in [6.07, 6.45) is -1.71. The lowest BCUT2D eigenvalue weighted by molar-refractivity contribution is -0.165. The number of likely N-dealkylation sites (tertiary alicyclic amines) is 1. The lowest BCUT2D eigenvalue weighted by Crippen LogP contribution is -2.59. The molecule has 0 aliphatic carbocycles. The molecule has 3 aliphatic heterocycles. The topological polar surface area (TPSA) is 149 Å². The van der Waals surface area contributed by atoms with Gasteiger partial charge < -0.3 is 34.4 Å². The molecule has 3 atom stereocenters. The van der Waals surface area contributed by atoms with Crippen molar-refractivity contribution in [1.82, 2.24) is 24.8 Å². The first kappa shape index (κ1) is 33.3. The Bertz CT molecular complexity index is 1680. The number of aromatic nitrogens is 3. The van der Waals surface area contributed by atoms with Gasteiger partial charge in [-0.25, -0.2) is 18.7 Å². The number of hydrogen-bond acceptors (Lipinski definition) is 12. The van der Waals surface area contributed by atoms with Gasteiger partial charge in [0.25, 0.3) is 5.91 Å². The summed E-state index contributed by atoms with van der Waals surface area (Å²) >= 11 is 0. The van der Waals surface area contributed by atoms with Gasteiger partial charge >= 0.3 is 5.92 Å². The fourth-order valence-corrected chi connectivity index (χ4v) is 6.25. The molecule has 0 spiro atoms. The van der Waals surface area contributed by atoms with E-state index < -0.39 is 30.6 Å². The highest BCUT2D eigenvalue weighted by Gasteiger charge is 2.48. The molecule has 5 heterocycles. The Morgan fingerprint density at radius 3 is 2.65 bits per heavy atom. The van der Waals surface area contributed by atoms with Crippen LogP contribution in [-0.4, -0.2) is 119 Å². The zero-order valence-electron chi connectivity index (χ0n) is 27.0. The number of aliphatic hydroxyl groups excluding tert-OH is 1. The first-order chi connectivity index (χ1) is 23.1. The van der Waals surface area contributed by atoms with Crippen LogP contribution in [-0.2, 0) is 9.53 Å². The van der Waals surface area contributed by atoms with Gasteiger partial charge in [0.05, 0.1) is 44.2 Å². The van der Waals surface area contributed by atoms with Gasteiger partial charge in [0.1, 0.15) is 41.6 Å². The van der Waals surface area contributed by atoms with Crippen LogP contribution in [0.1, 0.15) is 25.8 Å². The van der Waals surface area contributed by atoms with E-state index in [4.69, 9.17) is 14.2 Å². The summed E-state index contributed by atoms with van der Waals surface area (Å²) in [7, 11) is 1.59. The number of methoxy groups -OCH3 is 1. The number of alkyl halides is 2. The van der Waals surface area contributed by atoms with E-state index in [1.165, 1.54) is 25.4 Å². The molecule has 15 heteroatoms. The SMILES string of the molecule is COc1nc(Nc2cc(-c3ccc(O[C@@H]4CCN(C(=O)[C@@H](C)O)CC4(F)F)c(C#N)c3)ncn2)ccc1N1CCN(C2COC2)C[C@@H]1C. The van der Waals surface area contributed by atoms with E-state index in [1.807, 2.05) is 18.2 Å². The summed E-state index contributed by atoms with van der Waals surface area (Å²) in [6.45, 7) is 6.84. The number of piperazine rings is 1. The molecule has 1 amide bonds. The minimum Gasteiger partial charge on any atom is -0.483 e. The van der Waals surface area contributed by atoms with Gasteiger partial charge in [-0.3, -0.25) is 9.69 Å². The summed E-state index contributed by atoms with van der Waals surface area (Å²) in [4.78, 5) is 31.1. The highest BCUT2D eigenvalue weighted by molar-refractivity contribution is 5.80. The molecule has 0 unspecified atom stereocenters. The second-order valence-corrected chi connectivity index (χ2v) is 12.3. The Morgan fingerprint density at radius 2 is 1.98 bits per heavy atom. The van der Waals surface area contributed by atoms with Crippen LogP contribution in [0.3, 0.4) is 0 Å². The molecule has 0 saturated carbocycles. The Hall–Kier alpha value is -4.65. The van der Waals surface area contributed by atoms with Crippen molar-refractivity contribution in [3.63, 3.8) is 0 Å². The molecule has 0 bridgehead atoms. The van der Waals surface area contributed by atoms with Crippen molar-refractivity contribution in [2.45, 2.75) is 50.5 Å². The number of anilines is 3. The van der Waals surface area contributed by atoms with Crippen molar-refractivity contribution in [3.8, 4) is 29.0 Å². The average molecular weight is 665 g/mol. The Balaban J connectivity index is 1.13. The summed E-state index contributed by atoms with van der Waals surface area (Å²) < 4.78 is 46.6. The quantitative estimate of drug-likeness (QED) is 0.346. The zero-order valence-corrected chi connectivity index (χ0v) is 27.0. The fraction of sp³-hybridized carbons (Fsp3) is 0.485. The van der Waals surface area contributed by atoms with E-state index in [9.17, 15) is 23.9 Å². The Kier molecular flexibility index (Phi) is 9.58. The molecule has 2 N–H and O–H groups in total. The van der Waals surface area contributed by atoms with Crippen LogP contribution in [0.25, 0.3) is 11.3 Å². The largest absolute Gasteiger partial charge is 0.483 e. The molecule has 6 rings (SSSR count). The van der Waals surface area contributed by atoms with E-state index in [0.717, 1.165) is 43.4 Å². The first-order valence-electron chi connectivity index (χ1n) is 15.8. The number of carbonyl (C=O) groups is 1. The molecular formula is C33H38F2N8O5. The summed E-state index contributed by atoms with van der Waals surface area (Å²) in [5.41, 5.74) is 2.00. The van der Waals surface area contributed by atoms with Crippen molar-refractivity contribution in [1.29, 1.82) is 5.26 Å². The third-order valence-electron chi connectivity index (χ3n) is 8.93. The van der Waals surface area contributed by atoms with Crippen LogP contribution in [0.5, 0.6) is 11.6 Å². The number of nitrogens with one attached hydrogen (secondary N) is 1. The monoisotopic (exact) mass is 664 g/mol. The smallest absolute Gasteiger partial charge is 0.301 e. The number of benzene rings is 1. The van der Waals surface area contributed by atoms with Crippen molar-refractivity contribution >= 4 is 23.2 Å². The molecule has 254 valence electrons. The Labute approximate surface area is 277 Å². The number of carbonyl (C=O) groups excluding carboxylic acids is 1. The molecule has 48 heavy (non-hydrogen) atoms. The maximum atomic E-state index is 14.9. The molecule has 3 saturated heterocycles. The minimum absolute atomic E-state index is 0.00203. The number of hydrogen-bond donors (Lipinski definition) is 2. The third-order valence-corrected chi connectivity index (χ3v) is 8.93. The van der Waals surface area contributed by atoms with Gasteiger partial charge in [0.15, 0.2) is 6.10 Å². The number of nitrogens with zero attached hydrogens (tertiary/aromatic N) is 7. The molecule has 3 aromatic rings. The second kappa shape index (κ2) is 13.8. The van der Waals surface area contributed by atoms with Gasteiger partial charge in [-0.1, -0.05) is 0 Å². The molecule has 13 nitrogen and oxygen atoms in total. The van der Waals surface area contributed by atoms with Crippen molar-refractivity contribution < 1.29 is 32.9 Å². The highest BCUT2D eigenvalue weighted by Crippen LogP contribution is 2.35. The highest BCUT2D eigenvalue weighted by atomic mass is 19.3. The van der Waals surface area contributed by atoms with E-state index in [2.05, 4.69) is 37.0 Å². The van der Waals surface area contributed by atoms with Crippen molar-refractivity contribution in [2.24, 2.45) is 0 Å². The minimum atomic E-state index is -3.38. The lowest BCUT2D eigenvalue weighted by atomic mass is 10.0. The predicted octanol–water partition coefficient (Wildman–Crippen LogP) is 3.07. The number of ether oxygens (including phenoxy) is 3. The lowest BCUT2D eigenvalue weighted by Gasteiger charge is -2.46. The number of piperidine rings is 1. The molecule has 3 aliphatic rings. The van der Waals surface area contributed by atoms with Gasteiger partial charge in [0.2, 0.25) is 5.88 Å². The maximum absolute atomic E-state index is 14.9. The number of nitriles is 1. The Morgan fingerprint density at radius 1 is 1.17 bits per heavy atom. The predicted molar refractivity (Wildman–Crippen MR) is 171 cm³/mol. The normalized spacial score (nSPS) is 21.9. The van der Waals surface area contributed by atoms with Crippen LogP contribution >= 0.6 is 0 Å². The molecule has 0 radical (unpaired) electrons. The third kappa shape index (κ3) is 6.96. The number of aliphatic hydroxyl groups is 1. The van der Waals surface area contributed by atoms with Crippen LogP contribution in [0, 0.1) is 11.3 Å². The van der Waals surface area contributed by atoms with E-state index in [-0.39, 0.29) is 30.3 Å². The van der Waals surface area contributed by atoms with Crippen LogP contribution < -0.4 is 19.7 Å². The fourth-order valence-electron chi connectivity index (χ4n) is 6.25. The van der Waals surface area contributed by atoms with E-state index in [1.54, 1.807) is 19.2 Å². The van der Waals surface area contributed by atoms with E-state index in [0.29, 0.717) is 34.8 Å². The van der Waals surface area contributed by atoms with Gasteiger partial charge in [-0.2, -0.15) is 10.2 Å². The second-order valence-electron chi connectivity index (χ2n) is 12.3.